The van der Waals surface area contributed by atoms with E-state index in [9.17, 15) is 18.0 Å². The average molecular weight is 562 g/mol. The van der Waals surface area contributed by atoms with Crippen LogP contribution in [0.1, 0.15) is 25.1 Å². The van der Waals surface area contributed by atoms with E-state index in [1.807, 2.05) is 19.9 Å². The van der Waals surface area contributed by atoms with Crippen LogP contribution in [0.5, 0.6) is 5.75 Å². The Bertz CT molecular complexity index is 1660. The SMILES string of the molecule is COc1ccc2nc(NC(=O)Cn3cnc4sc(C)c(S(=O)(=O)N5C[C@H](C)C[C@@H](C)C5)c4c3=O)sc2c1. The van der Waals surface area contributed by atoms with E-state index in [4.69, 9.17) is 4.74 Å². The van der Waals surface area contributed by atoms with E-state index in [2.05, 4.69) is 15.3 Å². The van der Waals surface area contributed by atoms with E-state index in [1.54, 1.807) is 26.2 Å². The first-order valence-corrected chi connectivity index (χ1v) is 14.9. The van der Waals surface area contributed by atoms with Crippen LogP contribution in [0.2, 0.25) is 0 Å². The minimum absolute atomic E-state index is 0.00109. The third-order valence-corrected chi connectivity index (χ3v) is 10.5. The fourth-order valence-corrected chi connectivity index (χ4v) is 9.12. The molecule has 0 radical (unpaired) electrons. The molecule has 13 heteroatoms. The number of sulfonamides is 1. The smallest absolute Gasteiger partial charge is 0.263 e. The van der Waals surface area contributed by atoms with E-state index in [1.165, 1.54) is 33.3 Å². The molecule has 1 aliphatic rings. The number of carbonyl (C=O) groups excluding carboxylic acids is 1. The van der Waals surface area contributed by atoms with Gasteiger partial charge in [0.25, 0.3) is 5.56 Å². The lowest BCUT2D eigenvalue weighted by molar-refractivity contribution is -0.116. The number of methoxy groups -OCH3 is 1. The van der Waals surface area contributed by atoms with Crippen molar-refractivity contribution in [2.45, 2.75) is 38.6 Å². The molecule has 1 fully saturated rings. The Labute approximate surface area is 222 Å². The summed E-state index contributed by atoms with van der Waals surface area (Å²) in [6.07, 6.45) is 2.24. The van der Waals surface area contributed by atoms with Crippen molar-refractivity contribution in [1.82, 2.24) is 18.8 Å². The van der Waals surface area contributed by atoms with Gasteiger partial charge in [-0.2, -0.15) is 4.31 Å². The van der Waals surface area contributed by atoms with Crippen molar-refractivity contribution < 1.29 is 17.9 Å². The maximum absolute atomic E-state index is 13.7. The van der Waals surface area contributed by atoms with Crippen LogP contribution >= 0.6 is 22.7 Å². The van der Waals surface area contributed by atoms with Gasteiger partial charge in [0.05, 0.1) is 29.0 Å². The Morgan fingerprint density at radius 1 is 1.22 bits per heavy atom. The number of aromatic nitrogens is 3. The van der Waals surface area contributed by atoms with Crippen LogP contribution in [-0.4, -0.2) is 53.4 Å². The van der Waals surface area contributed by atoms with Gasteiger partial charge in [0.15, 0.2) is 5.13 Å². The molecule has 2 atom stereocenters. The molecule has 4 aromatic rings. The number of amides is 1. The highest BCUT2D eigenvalue weighted by atomic mass is 32.2. The number of nitrogens with one attached hydrogen (secondary N) is 1. The van der Waals surface area contributed by atoms with Crippen molar-refractivity contribution in [3.63, 3.8) is 0 Å². The number of rotatable bonds is 6. The van der Waals surface area contributed by atoms with Crippen LogP contribution in [-0.2, 0) is 21.4 Å². The summed E-state index contributed by atoms with van der Waals surface area (Å²) in [6, 6.07) is 5.41. The number of fused-ring (bicyclic) bond motifs is 2. The van der Waals surface area contributed by atoms with Crippen molar-refractivity contribution in [2.75, 3.05) is 25.5 Å². The normalized spacial score (nSPS) is 18.9. The zero-order valence-corrected chi connectivity index (χ0v) is 23.3. The molecule has 0 unspecified atom stereocenters. The lowest BCUT2D eigenvalue weighted by Gasteiger charge is -2.34. The fraction of sp³-hybridized carbons (Fsp3) is 0.417. The zero-order valence-electron chi connectivity index (χ0n) is 20.8. The van der Waals surface area contributed by atoms with Crippen molar-refractivity contribution >= 4 is 64.2 Å². The third kappa shape index (κ3) is 4.88. The number of hydrogen-bond donors (Lipinski definition) is 1. The maximum atomic E-state index is 13.7. The summed E-state index contributed by atoms with van der Waals surface area (Å²) in [5.41, 5.74) is 0.154. The molecule has 0 aliphatic carbocycles. The Hall–Kier alpha value is -2.87. The number of thiophene rings is 1. The Balaban J connectivity index is 1.44. The van der Waals surface area contributed by atoms with Gasteiger partial charge in [-0.3, -0.25) is 14.2 Å². The van der Waals surface area contributed by atoms with E-state index in [-0.39, 0.29) is 28.7 Å². The molecule has 0 spiro atoms. The summed E-state index contributed by atoms with van der Waals surface area (Å²) >= 11 is 2.46. The largest absolute Gasteiger partial charge is 0.497 e. The lowest BCUT2D eigenvalue weighted by atomic mass is 9.94. The van der Waals surface area contributed by atoms with Gasteiger partial charge in [-0.15, -0.1) is 11.3 Å². The first-order chi connectivity index (χ1) is 17.6. The molecule has 1 saturated heterocycles. The summed E-state index contributed by atoms with van der Waals surface area (Å²) in [6.45, 7) is 6.25. The number of aryl methyl sites for hydroxylation is 1. The van der Waals surface area contributed by atoms with E-state index in [0.29, 0.717) is 39.2 Å². The molecule has 37 heavy (non-hydrogen) atoms. The number of carbonyl (C=O) groups is 1. The van der Waals surface area contributed by atoms with E-state index in [0.717, 1.165) is 15.7 Å². The summed E-state index contributed by atoms with van der Waals surface area (Å²) in [7, 11) is -2.33. The van der Waals surface area contributed by atoms with Crippen LogP contribution in [0.25, 0.3) is 20.4 Å². The predicted molar refractivity (Wildman–Crippen MR) is 145 cm³/mol. The topological polar surface area (TPSA) is 123 Å². The quantitative estimate of drug-likeness (QED) is 0.381. The Morgan fingerprint density at radius 2 is 1.95 bits per heavy atom. The molecule has 1 aromatic carbocycles. The van der Waals surface area contributed by atoms with Gasteiger partial charge in [0, 0.05) is 18.0 Å². The molecular formula is C24H27N5O5S3. The molecule has 1 aliphatic heterocycles. The van der Waals surface area contributed by atoms with Crippen LogP contribution in [0, 0.1) is 18.8 Å². The van der Waals surface area contributed by atoms with Crippen LogP contribution in [0.15, 0.2) is 34.2 Å². The molecule has 3 aromatic heterocycles. The third-order valence-electron chi connectivity index (χ3n) is 6.39. The minimum Gasteiger partial charge on any atom is -0.497 e. The summed E-state index contributed by atoms with van der Waals surface area (Å²) in [4.78, 5) is 35.8. The number of nitrogens with zero attached hydrogens (tertiary/aromatic N) is 4. The highest BCUT2D eigenvalue weighted by Crippen LogP contribution is 2.35. The number of benzene rings is 1. The molecule has 4 heterocycles. The number of piperidine rings is 1. The van der Waals surface area contributed by atoms with E-state index >= 15 is 0 Å². The van der Waals surface area contributed by atoms with Crippen LogP contribution in [0.3, 0.4) is 0 Å². The molecule has 5 rings (SSSR count). The second-order valence-electron chi connectivity index (χ2n) is 9.51. The second kappa shape index (κ2) is 9.78. The predicted octanol–water partition coefficient (Wildman–Crippen LogP) is 3.69. The van der Waals surface area contributed by atoms with Crippen molar-refractivity contribution in [1.29, 1.82) is 0 Å². The summed E-state index contributed by atoms with van der Waals surface area (Å²) in [5, 5.41) is 3.15. The second-order valence-corrected chi connectivity index (χ2v) is 13.6. The highest BCUT2D eigenvalue weighted by Gasteiger charge is 2.35. The van der Waals surface area contributed by atoms with Crippen LogP contribution in [0.4, 0.5) is 5.13 Å². The number of ether oxygens (including phenoxy) is 1. The Kier molecular flexibility index (Phi) is 6.81. The minimum atomic E-state index is -3.91. The molecule has 1 amide bonds. The summed E-state index contributed by atoms with van der Waals surface area (Å²) in [5.74, 6) is 0.672. The molecule has 0 saturated carbocycles. The maximum Gasteiger partial charge on any atom is 0.263 e. The number of hydrogen-bond acceptors (Lipinski definition) is 9. The van der Waals surface area contributed by atoms with E-state index < -0.39 is 21.5 Å². The van der Waals surface area contributed by atoms with Crippen molar-refractivity contribution in [3.05, 3.63) is 39.8 Å². The zero-order chi connectivity index (χ0) is 26.5. The first-order valence-electron chi connectivity index (χ1n) is 11.8. The fourth-order valence-electron chi connectivity index (χ4n) is 4.87. The standard InChI is InChI=1S/C24H27N5O5S3/c1-13-7-14(2)10-29(9-13)37(32,33)21-15(3)35-22-20(21)23(31)28(12-25-22)11-19(30)27-24-26-17-6-5-16(34-4)8-18(17)36-24/h5-6,8,12-14H,7,9-11H2,1-4H3,(H,26,27,30)/t13-,14-/m1/s1. The van der Waals surface area contributed by atoms with Gasteiger partial charge in [-0.25, -0.2) is 18.4 Å². The number of anilines is 1. The average Bonchev–Trinajstić information content (AvgIpc) is 3.39. The highest BCUT2D eigenvalue weighted by molar-refractivity contribution is 7.89. The molecule has 1 N–H and O–H groups in total. The molecule has 10 nitrogen and oxygen atoms in total. The van der Waals surface area contributed by atoms with Gasteiger partial charge in [-0.1, -0.05) is 25.2 Å². The first kappa shape index (κ1) is 25.8. The van der Waals surface area contributed by atoms with Gasteiger partial charge < -0.3 is 10.1 Å². The Morgan fingerprint density at radius 3 is 2.65 bits per heavy atom. The summed E-state index contributed by atoms with van der Waals surface area (Å²) < 4.78 is 36.1. The lowest BCUT2D eigenvalue weighted by Crippen LogP contribution is -2.42. The number of thiazole rings is 1. The monoisotopic (exact) mass is 561 g/mol. The van der Waals surface area contributed by atoms with Gasteiger partial charge in [0.2, 0.25) is 15.9 Å². The molecule has 0 bridgehead atoms. The van der Waals surface area contributed by atoms with Gasteiger partial charge in [-0.05, 0) is 43.4 Å². The molecule has 196 valence electrons. The van der Waals surface area contributed by atoms with Crippen LogP contribution < -0.4 is 15.6 Å². The van der Waals surface area contributed by atoms with Crippen molar-refractivity contribution in [3.8, 4) is 5.75 Å². The van der Waals surface area contributed by atoms with Gasteiger partial charge in [0.1, 0.15) is 22.0 Å². The van der Waals surface area contributed by atoms with Gasteiger partial charge >= 0.3 is 0 Å². The van der Waals surface area contributed by atoms with Crippen molar-refractivity contribution in [2.24, 2.45) is 11.8 Å². The molecular weight excluding hydrogens is 534 g/mol.